The van der Waals surface area contributed by atoms with E-state index in [9.17, 15) is 4.79 Å². The monoisotopic (exact) mass is 311 g/mol. The van der Waals surface area contributed by atoms with Crippen molar-refractivity contribution in [2.45, 2.75) is 19.8 Å². The van der Waals surface area contributed by atoms with E-state index in [1.807, 2.05) is 24.3 Å². The lowest BCUT2D eigenvalue weighted by Crippen LogP contribution is -3.14. The van der Waals surface area contributed by atoms with Gasteiger partial charge >= 0.3 is 0 Å². The molecule has 1 amide bonds. The Morgan fingerprint density at radius 3 is 2.83 bits per heavy atom. The first-order valence-corrected chi connectivity index (χ1v) is 7.32. The summed E-state index contributed by atoms with van der Waals surface area (Å²) in [4.78, 5) is 13.3. The quantitative estimate of drug-likeness (QED) is 0.875. The van der Waals surface area contributed by atoms with Crippen LogP contribution in [0.2, 0.25) is 0 Å². The maximum absolute atomic E-state index is 11.9. The summed E-state index contributed by atoms with van der Waals surface area (Å²) in [7, 11) is 0. The van der Waals surface area contributed by atoms with Gasteiger partial charge in [0, 0.05) is 10.2 Å². The van der Waals surface area contributed by atoms with Gasteiger partial charge in [0.25, 0.3) is 5.91 Å². The SMILES string of the molecule is CC1CC[NH+](CC(=O)Nc2cccc(Br)c2)CC1. The van der Waals surface area contributed by atoms with E-state index >= 15 is 0 Å². The van der Waals surface area contributed by atoms with E-state index in [1.165, 1.54) is 17.7 Å². The van der Waals surface area contributed by atoms with Gasteiger partial charge in [0.05, 0.1) is 13.1 Å². The van der Waals surface area contributed by atoms with Crippen LogP contribution in [0.15, 0.2) is 28.7 Å². The number of hydrogen-bond donors (Lipinski definition) is 2. The van der Waals surface area contributed by atoms with Crippen LogP contribution in [0, 0.1) is 5.92 Å². The lowest BCUT2D eigenvalue weighted by atomic mass is 9.99. The molecule has 1 heterocycles. The number of rotatable bonds is 3. The lowest BCUT2D eigenvalue weighted by molar-refractivity contribution is -0.897. The summed E-state index contributed by atoms with van der Waals surface area (Å²) in [5.74, 6) is 0.930. The van der Waals surface area contributed by atoms with Crippen molar-refractivity contribution in [1.29, 1.82) is 0 Å². The Kier molecular flexibility index (Phi) is 4.78. The molecule has 2 rings (SSSR count). The van der Waals surface area contributed by atoms with Gasteiger partial charge in [-0.2, -0.15) is 0 Å². The van der Waals surface area contributed by atoms with Gasteiger partial charge in [-0.3, -0.25) is 4.79 Å². The zero-order valence-electron chi connectivity index (χ0n) is 10.7. The number of hydrogen-bond acceptors (Lipinski definition) is 1. The first-order valence-electron chi connectivity index (χ1n) is 6.52. The highest BCUT2D eigenvalue weighted by Crippen LogP contribution is 2.15. The van der Waals surface area contributed by atoms with Crippen molar-refractivity contribution >= 4 is 27.5 Å². The standard InChI is InChI=1S/C14H19BrN2O/c1-11-5-7-17(8-6-11)10-14(18)16-13-4-2-3-12(15)9-13/h2-4,9,11H,5-8,10H2,1H3,(H,16,18)/p+1. The maximum Gasteiger partial charge on any atom is 0.279 e. The number of amides is 1. The van der Waals surface area contributed by atoms with Gasteiger partial charge in [-0.1, -0.05) is 28.9 Å². The average molecular weight is 312 g/mol. The highest BCUT2D eigenvalue weighted by Gasteiger charge is 2.21. The van der Waals surface area contributed by atoms with Crippen LogP contribution < -0.4 is 10.2 Å². The Bertz CT molecular complexity index is 414. The molecule has 1 fully saturated rings. The van der Waals surface area contributed by atoms with E-state index in [2.05, 4.69) is 28.2 Å². The Hall–Kier alpha value is -0.870. The van der Waals surface area contributed by atoms with Crippen molar-refractivity contribution in [3.8, 4) is 0 Å². The van der Waals surface area contributed by atoms with Crippen LogP contribution in [0.1, 0.15) is 19.8 Å². The van der Waals surface area contributed by atoms with Crippen LogP contribution in [-0.2, 0) is 4.79 Å². The molecule has 0 atom stereocenters. The van der Waals surface area contributed by atoms with Crippen LogP contribution in [0.4, 0.5) is 5.69 Å². The number of carbonyl (C=O) groups excluding carboxylic acids is 1. The molecule has 0 spiro atoms. The fourth-order valence-electron chi connectivity index (χ4n) is 2.35. The van der Waals surface area contributed by atoms with Crippen LogP contribution in [0.5, 0.6) is 0 Å². The Labute approximate surface area is 117 Å². The summed E-state index contributed by atoms with van der Waals surface area (Å²) in [6.07, 6.45) is 2.47. The van der Waals surface area contributed by atoms with Gasteiger partial charge in [0.2, 0.25) is 0 Å². The molecule has 3 nitrogen and oxygen atoms in total. The second-order valence-corrected chi connectivity index (χ2v) is 6.08. The summed E-state index contributed by atoms with van der Waals surface area (Å²) in [5, 5.41) is 2.95. The molecule has 98 valence electrons. The molecule has 1 aromatic carbocycles. The highest BCUT2D eigenvalue weighted by molar-refractivity contribution is 9.10. The molecule has 0 aliphatic carbocycles. The number of halogens is 1. The minimum absolute atomic E-state index is 0.109. The van der Waals surface area contributed by atoms with Crippen LogP contribution >= 0.6 is 15.9 Å². The first kappa shape index (κ1) is 13.6. The van der Waals surface area contributed by atoms with Crippen molar-refractivity contribution in [3.63, 3.8) is 0 Å². The number of quaternary nitrogens is 1. The van der Waals surface area contributed by atoms with E-state index in [1.54, 1.807) is 0 Å². The van der Waals surface area contributed by atoms with Gasteiger partial charge in [-0.15, -0.1) is 0 Å². The Morgan fingerprint density at radius 1 is 1.44 bits per heavy atom. The predicted octanol–water partition coefficient (Wildman–Crippen LogP) is 1.70. The van der Waals surface area contributed by atoms with Crippen molar-refractivity contribution in [3.05, 3.63) is 28.7 Å². The average Bonchev–Trinajstić information content (AvgIpc) is 2.32. The molecule has 1 saturated heterocycles. The van der Waals surface area contributed by atoms with Gasteiger partial charge in [-0.05, 0) is 37.0 Å². The predicted molar refractivity (Wildman–Crippen MR) is 76.7 cm³/mol. The third-order valence-corrected chi connectivity index (χ3v) is 3.99. The molecule has 0 radical (unpaired) electrons. The summed E-state index contributed by atoms with van der Waals surface area (Å²) in [5.41, 5.74) is 0.860. The zero-order chi connectivity index (χ0) is 13.0. The molecule has 0 bridgehead atoms. The number of benzene rings is 1. The molecule has 0 aromatic heterocycles. The van der Waals surface area contributed by atoms with Gasteiger partial charge in [0.1, 0.15) is 0 Å². The molecular weight excluding hydrogens is 292 g/mol. The second-order valence-electron chi connectivity index (χ2n) is 5.17. The van der Waals surface area contributed by atoms with E-state index in [0.29, 0.717) is 6.54 Å². The Morgan fingerprint density at radius 2 is 2.17 bits per heavy atom. The molecule has 0 unspecified atom stereocenters. The molecule has 18 heavy (non-hydrogen) atoms. The minimum Gasteiger partial charge on any atom is -0.327 e. The first-order chi connectivity index (χ1) is 8.63. The third kappa shape index (κ3) is 4.10. The molecular formula is C14H20BrN2O+. The van der Waals surface area contributed by atoms with Crippen molar-refractivity contribution < 1.29 is 9.69 Å². The lowest BCUT2D eigenvalue weighted by Gasteiger charge is -2.26. The largest absolute Gasteiger partial charge is 0.327 e. The summed E-state index contributed by atoms with van der Waals surface area (Å²) in [6, 6.07) is 7.71. The number of likely N-dealkylation sites (tertiary alicyclic amines) is 1. The van der Waals surface area contributed by atoms with E-state index in [0.717, 1.165) is 29.2 Å². The van der Waals surface area contributed by atoms with Crippen LogP contribution in [0.25, 0.3) is 0 Å². The summed E-state index contributed by atoms with van der Waals surface area (Å²) < 4.78 is 0.986. The molecule has 1 aromatic rings. The Balaban J connectivity index is 1.82. The van der Waals surface area contributed by atoms with E-state index < -0.39 is 0 Å². The molecule has 0 saturated carbocycles. The molecule has 1 aliphatic rings. The van der Waals surface area contributed by atoms with E-state index in [4.69, 9.17) is 0 Å². The van der Waals surface area contributed by atoms with Crippen LogP contribution in [0.3, 0.4) is 0 Å². The fraction of sp³-hybridized carbons (Fsp3) is 0.500. The summed E-state index contributed by atoms with van der Waals surface area (Å²) >= 11 is 3.40. The van der Waals surface area contributed by atoms with Crippen LogP contribution in [-0.4, -0.2) is 25.5 Å². The summed E-state index contributed by atoms with van der Waals surface area (Å²) in [6.45, 7) is 5.11. The molecule has 2 N–H and O–H groups in total. The van der Waals surface area contributed by atoms with Gasteiger partial charge < -0.3 is 10.2 Å². The zero-order valence-corrected chi connectivity index (χ0v) is 12.3. The smallest absolute Gasteiger partial charge is 0.279 e. The highest BCUT2D eigenvalue weighted by atomic mass is 79.9. The fourth-order valence-corrected chi connectivity index (χ4v) is 2.74. The maximum atomic E-state index is 11.9. The van der Waals surface area contributed by atoms with Gasteiger partial charge in [-0.25, -0.2) is 0 Å². The van der Waals surface area contributed by atoms with E-state index in [-0.39, 0.29) is 5.91 Å². The molecule has 1 aliphatic heterocycles. The second kappa shape index (κ2) is 6.34. The topological polar surface area (TPSA) is 33.5 Å². The van der Waals surface area contributed by atoms with Crippen molar-refractivity contribution in [2.24, 2.45) is 5.92 Å². The number of carbonyl (C=O) groups is 1. The van der Waals surface area contributed by atoms with Crippen molar-refractivity contribution in [2.75, 3.05) is 25.0 Å². The minimum atomic E-state index is 0.109. The molecule has 4 heteroatoms. The number of piperidine rings is 1. The van der Waals surface area contributed by atoms with Gasteiger partial charge in [0.15, 0.2) is 6.54 Å². The van der Waals surface area contributed by atoms with Crippen molar-refractivity contribution in [1.82, 2.24) is 0 Å². The number of anilines is 1. The normalized spacial score (nSPS) is 23.7. The number of nitrogens with one attached hydrogen (secondary N) is 2. The third-order valence-electron chi connectivity index (χ3n) is 3.50.